The van der Waals surface area contributed by atoms with Gasteiger partial charge in [-0.3, -0.25) is 14.5 Å². The van der Waals surface area contributed by atoms with Crippen LogP contribution in [0.25, 0.3) is 0 Å². The first-order chi connectivity index (χ1) is 12.8. The van der Waals surface area contributed by atoms with Crippen LogP contribution in [-0.2, 0) is 26.2 Å². The minimum Gasteiger partial charge on any atom is -0.495 e. The number of ether oxygens (including phenoxy) is 1. The maximum Gasteiger partial charge on any atom is 0.244 e. The van der Waals surface area contributed by atoms with E-state index >= 15 is 0 Å². The van der Waals surface area contributed by atoms with Crippen molar-refractivity contribution >= 4 is 27.5 Å². The average molecular weight is 392 g/mol. The largest absolute Gasteiger partial charge is 0.495 e. The quantitative estimate of drug-likeness (QED) is 0.759. The van der Waals surface area contributed by atoms with Crippen LogP contribution >= 0.6 is 0 Å². The number of rotatable bonds is 6. The summed E-state index contributed by atoms with van der Waals surface area (Å²) in [7, 11) is -2.70. The fourth-order valence-corrected chi connectivity index (χ4v) is 3.94. The molecule has 0 aromatic heterocycles. The number of nitrogens with zero attached hydrogens (tertiary/aromatic N) is 1. The molecule has 142 valence electrons. The highest BCUT2D eigenvalue weighted by Crippen LogP contribution is 2.31. The molecule has 3 rings (SSSR count). The lowest BCUT2D eigenvalue weighted by Crippen LogP contribution is -2.29. The third kappa shape index (κ3) is 3.99. The first-order valence-corrected chi connectivity index (χ1v) is 9.58. The molecule has 2 amide bonds. The predicted octanol–water partition coefficient (Wildman–Crippen LogP) is 1.97. The van der Waals surface area contributed by atoms with Gasteiger partial charge in [0.05, 0.1) is 12.8 Å². The number of halogens is 1. The molecule has 0 atom stereocenters. The van der Waals surface area contributed by atoms with Crippen LogP contribution in [-0.4, -0.2) is 27.3 Å². The van der Waals surface area contributed by atoms with E-state index in [9.17, 15) is 22.4 Å². The van der Waals surface area contributed by atoms with Gasteiger partial charge in [0.2, 0.25) is 21.8 Å². The van der Waals surface area contributed by atoms with E-state index in [0.717, 1.165) is 4.90 Å². The van der Waals surface area contributed by atoms with E-state index in [1.54, 1.807) is 0 Å². The summed E-state index contributed by atoms with van der Waals surface area (Å²) in [5.74, 6) is -1.11. The molecule has 1 aliphatic heterocycles. The number of imide groups is 1. The normalized spacial score (nSPS) is 14.7. The van der Waals surface area contributed by atoms with Gasteiger partial charge in [-0.25, -0.2) is 17.5 Å². The first kappa shape index (κ1) is 19.0. The zero-order valence-corrected chi connectivity index (χ0v) is 15.3. The van der Waals surface area contributed by atoms with Gasteiger partial charge in [0.1, 0.15) is 16.5 Å². The van der Waals surface area contributed by atoms with Gasteiger partial charge in [0.25, 0.3) is 0 Å². The average Bonchev–Trinajstić information content (AvgIpc) is 2.99. The number of anilines is 1. The van der Waals surface area contributed by atoms with Crippen LogP contribution in [0, 0.1) is 5.82 Å². The highest BCUT2D eigenvalue weighted by atomic mass is 32.2. The van der Waals surface area contributed by atoms with E-state index in [1.807, 2.05) is 0 Å². The van der Waals surface area contributed by atoms with Gasteiger partial charge in [0, 0.05) is 19.4 Å². The Labute approximate surface area is 155 Å². The van der Waals surface area contributed by atoms with Crippen LogP contribution < -0.4 is 14.4 Å². The van der Waals surface area contributed by atoms with E-state index < -0.39 is 15.8 Å². The molecular weight excluding hydrogens is 375 g/mol. The maximum absolute atomic E-state index is 13.0. The third-order valence-electron chi connectivity index (χ3n) is 4.13. The van der Waals surface area contributed by atoms with Crippen LogP contribution in [0.3, 0.4) is 0 Å². The van der Waals surface area contributed by atoms with Gasteiger partial charge in [-0.2, -0.15) is 0 Å². The van der Waals surface area contributed by atoms with Crippen molar-refractivity contribution in [2.75, 3.05) is 12.0 Å². The molecule has 2 aromatic rings. The van der Waals surface area contributed by atoms with Crippen LogP contribution in [0.15, 0.2) is 47.4 Å². The van der Waals surface area contributed by atoms with Crippen molar-refractivity contribution in [3.05, 3.63) is 53.8 Å². The Bertz CT molecular complexity index is 973. The lowest BCUT2D eigenvalue weighted by atomic mass is 10.2. The molecule has 2 aromatic carbocycles. The summed E-state index contributed by atoms with van der Waals surface area (Å²) in [6.07, 6.45) is 0.186. The fraction of sp³-hybridized carbons (Fsp3) is 0.222. The van der Waals surface area contributed by atoms with Crippen LogP contribution in [0.4, 0.5) is 10.1 Å². The van der Waals surface area contributed by atoms with Gasteiger partial charge in [-0.15, -0.1) is 0 Å². The Balaban J connectivity index is 1.90. The molecule has 0 saturated carbocycles. The second-order valence-corrected chi connectivity index (χ2v) is 7.64. The fourth-order valence-electron chi connectivity index (χ4n) is 2.74. The standard InChI is InChI=1S/C18H17FN2O5S/c1-26-15-7-6-14(21-17(22)8-9-18(21)23)10-16(15)27(24,25)20-11-12-2-4-13(19)5-3-12/h2-7,10,20H,8-9,11H2,1H3. The molecule has 0 bridgehead atoms. The molecule has 1 aliphatic rings. The number of carbonyl (C=O) groups is 2. The van der Waals surface area contributed by atoms with Gasteiger partial charge in [-0.1, -0.05) is 12.1 Å². The zero-order chi connectivity index (χ0) is 19.6. The lowest BCUT2D eigenvalue weighted by molar-refractivity contribution is -0.121. The predicted molar refractivity (Wildman–Crippen MR) is 95.1 cm³/mol. The number of hydrogen-bond donors (Lipinski definition) is 1. The van der Waals surface area contributed by atoms with E-state index in [2.05, 4.69) is 4.72 Å². The molecule has 0 spiro atoms. The summed E-state index contributed by atoms with van der Waals surface area (Å²) >= 11 is 0. The lowest BCUT2D eigenvalue weighted by Gasteiger charge is -2.17. The summed E-state index contributed by atoms with van der Waals surface area (Å²) in [5, 5.41) is 0. The molecule has 0 unspecified atom stereocenters. The number of sulfonamides is 1. The number of benzene rings is 2. The summed E-state index contributed by atoms with van der Waals surface area (Å²) in [4.78, 5) is 24.6. The number of methoxy groups -OCH3 is 1. The van der Waals surface area contributed by atoms with Crippen molar-refractivity contribution in [1.82, 2.24) is 4.72 Å². The summed E-state index contributed by atoms with van der Waals surface area (Å²) in [5.41, 5.74) is 0.741. The monoisotopic (exact) mass is 392 g/mol. The molecule has 1 saturated heterocycles. The van der Waals surface area contributed by atoms with Crippen molar-refractivity contribution < 1.29 is 27.1 Å². The molecule has 27 heavy (non-hydrogen) atoms. The van der Waals surface area contributed by atoms with Crippen LogP contribution in [0.2, 0.25) is 0 Å². The molecule has 7 nitrogen and oxygen atoms in total. The number of nitrogens with one attached hydrogen (secondary N) is 1. The second kappa shape index (κ2) is 7.45. The summed E-state index contributed by atoms with van der Waals surface area (Å²) in [6.45, 7) is -0.0580. The number of hydrogen-bond acceptors (Lipinski definition) is 5. The Hall–Kier alpha value is -2.78. The molecule has 1 heterocycles. The molecule has 1 fully saturated rings. The summed E-state index contributed by atoms with van der Waals surface area (Å²) < 4.78 is 45.9. The van der Waals surface area contributed by atoms with Crippen LogP contribution in [0.1, 0.15) is 18.4 Å². The topological polar surface area (TPSA) is 92.8 Å². The van der Waals surface area contributed by atoms with E-state index in [4.69, 9.17) is 4.74 Å². The van der Waals surface area contributed by atoms with E-state index in [1.165, 1.54) is 49.6 Å². The van der Waals surface area contributed by atoms with Gasteiger partial charge < -0.3 is 4.74 Å². The van der Waals surface area contributed by atoms with Crippen molar-refractivity contribution in [2.24, 2.45) is 0 Å². The molecular formula is C18H17FN2O5S. The third-order valence-corrected chi connectivity index (χ3v) is 5.55. The number of carbonyl (C=O) groups excluding carboxylic acids is 2. The maximum atomic E-state index is 13.0. The number of amides is 2. The molecule has 0 aliphatic carbocycles. The van der Waals surface area contributed by atoms with Crippen molar-refractivity contribution in [3.63, 3.8) is 0 Å². The van der Waals surface area contributed by atoms with Crippen LogP contribution in [0.5, 0.6) is 5.75 Å². The Morgan fingerprint density at radius 3 is 2.30 bits per heavy atom. The van der Waals surface area contributed by atoms with Crippen molar-refractivity contribution in [1.29, 1.82) is 0 Å². The Morgan fingerprint density at radius 2 is 1.70 bits per heavy atom. The highest BCUT2D eigenvalue weighted by molar-refractivity contribution is 7.89. The van der Waals surface area contributed by atoms with Gasteiger partial charge in [-0.05, 0) is 35.9 Å². The summed E-state index contributed by atoms with van der Waals surface area (Å²) in [6, 6.07) is 9.47. The van der Waals surface area contributed by atoms with E-state index in [0.29, 0.717) is 5.56 Å². The molecule has 0 radical (unpaired) electrons. The molecule has 9 heteroatoms. The van der Waals surface area contributed by atoms with Gasteiger partial charge >= 0.3 is 0 Å². The second-order valence-electron chi connectivity index (χ2n) is 5.91. The first-order valence-electron chi connectivity index (χ1n) is 8.10. The zero-order valence-electron chi connectivity index (χ0n) is 14.4. The highest BCUT2D eigenvalue weighted by Gasteiger charge is 2.32. The van der Waals surface area contributed by atoms with Crippen molar-refractivity contribution in [3.8, 4) is 5.75 Å². The smallest absolute Gasteiger partial charge is 0.244 e. The Kier molecular flexibility index (Phi) is 5.24. The minimum atomic E-state index is -4.02. The SMILES string of the molecule is COc1ccc(N2C(=O)CCC2=O)cc1S(=O)(=O)NCc1ccc(F)cc1. The van der Waals surface area contributed by atoms with Gasteiger partial charge in [0.15, 0.2) is 0 Å². The minimum absolute atomic E-state index is 0.0580. The Morgan fingerprint density at radius 1 is 1.07 bits per heavy atom. The molecule has 1 N–H and O–H groups in total. The van der Waals surface area contributed by atoms with E-state index in [-0.39, 0.29) is 47.5 Å². The van der Waals surface area contributed by atoms with Crippen molar-refractivity contribution in [2.45, 2.75) is 24.3 Å².